The largest absolute Gasteiger partial charge is 0.506 e. The number of Topliss-reactive ketones (excluding diaryl/α,β-unsaturated/α-hetero) is 1. The molecule has 0 fully saturated rings. The molecule has 0 unspecified atom stereocenters. The van der Waals surface area contributed by atoms with Gasteiger partial charge in [-0.15, -0.1) is 0 Å². The second-order valence-corrected chi connectivity index (χ2v) is 7.32. The predicted octanol–water partition coefficient (Wildman–Crippen LogP) is 3.47. The number of aryl methyl sites for hydroxylation is 1. The highest BCUT2D eigenvalue weighted by Gasteiger charge is 2.37. The smallest absolute Gasteiger partial charge is 0.336 e. The van der Waals surface area contributed by atoms with Gasteiger partial charge in [-0.2, -0.15) is 0 Å². The molecular weight excluding hydrogens is 404 g/mol. The van der Waals surface area contributed by atoms with Crippen molar-refractivity contribution in [3.05, 3.63) is 56.9 Å². The van der Waals surface area contributed by atoms with Crippen molar-refractivity contribution in [2.24, 2.45) is 0 Å². The number of esters is 1. The van der Waals surface area contributed by atoms with Gasteiger partial charge >= 0.3 is 11.6 Å². The highest BCUT2D eigenvalue weighted by molar-refractivity contribution is 6.09. The number of benzene rings is 2. The molecule has 1 aliphatic heterocycles. The van der Waals surface area contributed by atoms with Crippen LogP contribution >= 0.6 is 0 Å². The predicted molar refractivity (Wildman–Crippen MR) is 111 cm³/mol. The van der Waals surface area contributed by atoms with Crippen molar-refractivity contribution in [3.63, 3.8) is 0 Å². The summed E-state index contributed by atoms with van der Waals surface area (Å²) in [6.45, 7) is 2.90. The first-order valence-corrected chi connectivity index (χ1v) is 9.53. The van der Waals surface area contributed by atoms with E-state index in [1.54, 1.807) is 25.1 Å². The Balaban J connectivity index is 2.12. The van der Waals surface area contributed by atoms with Crippen molar-refractivity contribution in [2.75, 3.05) is 14.2 Å². The van der Waals surface area contributed by atoms with Crippen molar-refractivity contribution in [1.82, 2.24) is 0 Å². The molecule has 4 rings (SSSR count). The summed E-state index contributed by atoms with van der Waals surface area (Å²) in [6.07, 6.45) is -0.0582. The van der Waals surface area contributed by atoms with Gasteiger partial charge in [-0.25, -0.2) is 4.79 Å². The fourth-order valence-electron chi connectivity index (χ4n) is 4.09. The van der Waals surface area contributed by atoms with Gasteiger partial charge in [0.25, 0.3) is 0 Å². The van der Waals surface area contributed by atoms with E-state index in [4.69, 9.17) is 18.6 Å². The minimum Gasteiger partial charge on any atom is -0.506 e. The first-order valence-electron chi connectivity index (χ1n) is 9.53. The fraction of sp³-hybridized carbons (Fsp3) is 0.261. The average Bonchev–Trinajstić information content (AvgIpc) is 2.71. The SMILES string of the molecule is COc1ccc([C@@H]2CC(=O)Oc3c(C(C)=O)c(O)c4c(C)cc(=O)oc4c32)cc1OC. The van der Waals surface area contributed by atoms with Crippen LogP contribution in [0.15, 0.2) is 33.5 Å². The van der Waals surface area contributed by atoms with Gasteiger partial charge in [0.15, 0.2) is 23.0 Å². The van der Waals surface area contributed by atoms with E-state index in [-0.39, 0.29) is 34.5 Å². The molecule has 1 atom stereocenters. The number of hydrogen-bond acceptors (Lipinski definition) is 8. The molecular formula is C23H20O8. The van der Waals surface area contributed by atoms with E-state index < -0.39 is 23.3 Å². The fourth-order valence-corrected chi connectivity index (χ4v) is 4.09. The van der Waals surface area contributed by atoms with E-state index in [2.05, 4.69) is 0 Å². The van der Waals surface area contributed by atoms with Crippen molar-refractivity contribution < 1.29 is 33.3 Å². The van der Waals surface area contributed by atoms with Crippen LogP contribution in [0.5, 0.6) is 23.0 Å². The Kier molecular flexibility index (Phi) is 4.93. The quantitative estimate of drug-likeness (QED) is 0.293. The molecule has 1 aliphatic rings. The molecule has 160 valence electrons. The summed E-state index contributed by atoms with van der Waals surface area (Å²) in [5.74, 6) is -1.20. The zero-order valence-electron chi connectivity index (χ0n) is 17.4. The van der Waals surface area contributed by atoms with Gasteiger partial charge in [0.05, 0.1) is 26.0 Å². The lowest BCUT2D eigenvalue weighted by Crippen LogP contribution is -2.23. The number of methoxy groups -OCH3 is 2. The van der Waals surface area contributed by atoms with Gasteiger partial charge in [-0.05, 0) is 37.1 Å². The van der Waals surface area contributed by atoms with Gasteiger partial charge in [0.2, 0.25) is 0 Å². The number of carbonyl (C=O) groups is 2. The Morgan fingerprint density at radius 3 is 2.48 bits per heavy atom. The Hall–Kier alpha value is -3.81. The topological polar surface area (TPSA) is 112 Å². The van der Waals surface area contributed by atoms with Gasteiger partial charge in [0.1, 0.15) is 16.9 Å². The Labute approximate surface area is 177 Å². The average molecular weight is 424 g/mol. The standard InChI is InChI=1S/C23H20O8/c1-10-7-16(25)30-22-18(10)21(27)19(11(2)24)23-20(22)13(9-17(26)31-23)12-5-6-14(28-3)15(8-12)29-4/h5-8,13,27H,9H2,1-4H3/t13-/m0/s1. The summed E-state index contributed by atoms with van der Waals surface area (Å²) in [5.41, 5.74) is 0.793. The zero-order valence-corrected chi connectivity index (χ0v) is 17.4. The molecule has 2 aromatic carbocycles. The monoisotopic (exact) mass is 424 g/mol. The van der Waals surface area contributed by atoms with Crippen LogP contribution in [0.1, 0.15) is 46.3 Å². The number of rotatable bonds is 4. The summed E-state index contributed by atoms with van der Waals surface area (Å²) in [4.78, 5) is 37.0. The molecule has 1 N–H and O–H groups in total. The van der Waals surface area contributed by atoms with Crippen LogP contribution in [-0.2, 0) is 4.79 Å². The number of aromatic hydroxyl groups is 1. The molecule has 2 heterocycles. The first-order chi connectivity index (χ1) is 14.8. The maximum Gasteiger partial charge on any atom is 0.336 e. The number of carbonyl (C=O) groups excluding carboxylic acids is 2. The Bertz CT molecular complexity index is 1300. The summed E-state index contributed by atoms with van der Waals surface area (Å²) in [7, 11) is 3.01. The normalized spacial score (nSPS) is 15.4. The van der Waals surface area contributed by atoms with E-state index in [9.17, 15) is 19.5 Å². The van der Waals surface area contributed by atoms with Crippen LogP contribution in [0.4, 0.5) is 0 Å². The van der Waals surface area contributed by atoms with Crippen molar-refractivity contribution >= 4 is 22.7 Å². The van der Waals surface area contributed by atoms with Gasteiger partial charge in [0, 0.05) is 17.5 Å². The third-order valence-corrected chi connectivity index (χ3v) is 5.45. The minimum atomic E-state index is -0.620. The van der Waals surface area contributed by atoms with E-state index >= 15 is 0 Å². The molecule has 8 heteroatoms. The molecule has 0 bridgehead atoms. The second-order valence-electron chi connectivity index (χ2n) is 7.32. The lowest BCUT2D eigenvalue weighted by atomic mass is 9.82. The Morgan fingerprint density at radius 1 is 1.13 bits per heavy atom. The number of ketones is 1. The molecule has 0 radical (unpaired) electrons. The molecule has 0 spiro atoms. The number of hydrogen-bond donors (Lipinski definition) is 1. The van der Waals surface area contributed by atoms with Gasteiger partial charge in [-0.3, -0.25) is 9.59 Å². The van der Waals surface area contributed by atoms with Crippen LogP contribution < -0.4 is 19.8 Å². The van der Waals surface area contributed by atoms with E-state index in [0.717, 1.165) is 0 Å². The van der Waals surface area contributed by atoms with Crippen molar-refractivity contribution in [2.45, 2.75) is 26.2 Å². The minimum absolute atomic E-state index is 0.0582. The molecule has 0 aliphatic carbocycles. The molecule has 3 aromatic rings. The van der Waals surface area contributed by atoms with Crippen LogP contribution in [0.3, 0.4) is 0 Å². The van der Waals surface area contributed by atoms with E-state index in [1.807, 2.05) is 0 Å². The summed E-state index contributed by atoms with van der Waals surface area (Å²) in [6, 6.07) is 6.41. The molecule has 0 amide bonds. The third-order valence-electron chi connectivity index (χ3n) is 5.45. The zero-order chi connectivity index (χ0) is 22.4. The lowest BCUT2D eigenvalue weighted by Gasteiger charge is -2.28. The van der Waals surface area contributed by atoms with Gasteiger partial charge in [-0.1, -0.05) is 6.07 Å². The second kappa shape index (κ2) is 7.46. The van der Waals surface area contributed by atoms with E-state index in [0.29, 0.717) is 28.2 Å². The summed E-state index contributed by atoms with van der Waals surface area (Å²) in [5, 5.41) is 11.1. The Morgan fingerprint density at radius 2 is 1.84 bits per heavy atom. The molecule has 0 saturated heterocycles. The highest BCUT2D eigenvalue weighted by Crippen LogP contribution is 2.50. The third kappa shape index (κ3) is 3.20. The van der Waals surface area contributed by atoms with Crippen LogP contribution in [0.2, 0.25) is 0 Å². The van der Waals surface area contributed by atoms with Crippen LogP contribution in [0.25, 0.3) is 11.0 Å². The molecule has 1 aromatic heterocycles. The number of ether oxygens (including phenoxy) is 3. The summed E-state index contributed by atoms with van der Waals surface area (Å²) < 4.78 is 21.5. The van der Waals surface area contributed by atoms with Crippen LogP contribution in [0, 0.1) is 6.92 Å². The maximum atomic E-state index is 12.5. The summed E-state index contributed by atoms with van der Waals surface area (Å²) >= 11 is 0. The molecule has 8 nitrogen and oxygen atoms in total. The van der Waals surface area contributed by atoms with Crippen molar-refractivity contribution in [1.29, 1.82) is 0 Å². The number of fused-ring (bicyclic) bond motifs is 3. The van der Waals surface area contributed by atoms with Crippen molar-refractivity contribution in [3.8, 4) is 23.0 Å². The maximum absolute atomic E-state index is 12.5. The lowest BCUT2D eigenvalue weighted by molar-refractivity contribution is -0.135. The number of phenols is 1. The first kappa shape index (κ1) is 20.5. The van der Waals surface area contributed by atoms with Gasteiger partial charge < -0.3 is 23.7 Å². The number of phenolic OH excluding ortho intramolecular Hbond substituents is 1. The molecule has 31 heavy (non-hydrogen) atoms. The van der Waals surface area contributed by atoms with E-state index in [1.165, 1.54) is 27.2 Å². The highest BCUT2D eigenvalue weighted by atomic mass is 16.5. The van der Waals surface area contributed by atoms with Crippen LogP contribution in [-0.4, -0.2) is 31.1 Å². The molecule has 0 saturated carbocycles.